The van der Waals surface area contributed by atoms with Crippen molar-refractivity contribution in [3.8, 4) is 5.88 Å². The van der Waals surface area contributed by atoms with Gasteiger partial charge in [-0.3, -0.25) is 0 Å². The summed E-state index contributed by atoms with van der Waals surface area (Å²) in [5, 5.41) is 10.8. The standard InChI is InChI=1S/C10H10F2N2O5/c1-3-19-10(15)6-4-5(7(11)12)9(18-2)13-8(6)14(16)17/h4,7H,3H2,1-2H3. The van der Waals surface area contributed by atoms with Gasteiger partial charge in [-0.05, 0) is 17.9 Å². The van der Waals surface area contributed by atoms with E-state index in [2.05, 4.69) is 14.5 Å². The fourth-order valence-corrected chi connectivity index (χ4v) is 1.32. The molecule has 0 radical (unpaired) electrons. The van der Waals surface area contributed by atoms with Crippen LogP contribution in [0.3, 0.4) is 0 Å². The maximum atomic E-state index is 12.7. The summed E-state index contributed by atoms with van der Waals surface area (Å²) in [6.07, 6.45) is -2.99. The fraction of sp³-hybridized carbons (Fsp3) is 0.400. The molecule has 0 aromatic carbocycles. The van der Waals surface area contributed by atoms with E-state index in [-0.39, 0.29) is 6.61 Å². The maximum Gasteiger partial charge on any atom is 0.382 e. The first-order valence-electron chi connectivity index (χ1n) is 5.10. The lowest BCUT2D eigenvalue weighted by atomic mass is 10.2. The van der Waals surface area contributed by atoms with Crippen LogP contribution in [0, 0.1) is 10.1 Å². The highest BCUT2D eigenvalue weighted by Crippen LogP contribution is 2.32. The quantitative estimate of drug-likeness (QED) is 0.464. The first-order chi connectivity index (χ1) is 8.92. The second kappa shape index (κ2) is 6.03. The molecule has 0 aliphatic carbocycles. The molecule has 1 rings (SSSR count). The van der Waals surface area contributed by atoms with Crippen molar-refractivity contribution < 1.29 is 28.0 Å². The highest BCUT2D eigenvalue weighted by Gasteiger charge is 2.31. The molecule has 9 heteroatoms. The van der Waals surface area contributed by atoms with Gasteiger partial charge in [0.25, 0.3) is 6.43 Å². The zero-order valence-electron chi connectivity index (χ0n) is 10.1. The van der Waals surface area contributed by atoms with E-state index in [4.69, 9.17) is 0 Å². The molecule has 1 aromatic rings. The minimum absolute atomic E-state index is 0.0496. The predicted molar refractivity (Wildman–Crippen MR) is 58.4 cm³/mol. The Morgan fingerprint density at radius 3 is 2.63 bits per heavy atom. The number of aromatic nitrogens is 1. The van der Waals surface area contributed by atoms with Gasteiger partial charge in [0.15, 0.2) is 5.56 Å². The largest absolute Gasteiger partial charge is 0.462 e. The van der Waals surface area contributed by atoms with E-state index in [1.807, 2.05) is 0 Å². The number of nitro groups is 1. The molecular weight excluding hydrogens is 266 g/mol. The summed E-state index contributed by atoms with van der Waals surface area (Å²) in [5.41, 5.74) is -1.35. The number of esters is 1. The number of halogens is 2. The molecule has 0 unspecified atom stereocenters. The number of carbonyl (C=O) groups is 1. The van der Waals surface area contributed by atoms with E-state index in [1.54, 1.807) is 0 Å². The third-order valence-corrected chi connectivity index (χ3v) is 2.09. The van der Waals surface area contributed by atoms with Gasteiger partial charge in [-0.15, -0.1) is 0 Å². The Balaban J connectivity index is 3.45. The summed E-state index contributed by atoms with van der Waals surface area (Å²) in [7, 11) is 1.04. The van der Waals surface area contributed by atoms with Crippen LogP contribution < -0.4 is 4.74 Å². The third-order valence-electron chi connectivity index (χ3n) is 2.09. The maximum absolute atomic E-state index is 12.7. The second-order valence-electron chi connectivity index (χ2n) is 3.24. The molecule has 0 bridgehead atoms. The topological polar surface area (TPSA) is 91.6 Å². The Bertz CT molecular complexity index is 507. The molecular formula is C10H10F2N2O5. The van der Waals surface area contributed by atoms with Crippen molar-refractivity contribution in [3.63, 3.8) is 0 Å². The van der Waals surface area contributed by atoms with E-state index in [0.717, 1.165) is 7.11 Å². The zero-order chi connectivity index (χ0) is 14.6. The van der Waals surface area contributed by atoms with Gasteiger partial charge < -0.3 is 19.6 Å². The van der Waals surface area contributed by atoms with Crippen LogP contribution in [-0.4, -0.2) is 29.6 Å². The van der Waals surface area contributed by atoms with Gasteiger partial charge in [-0.25, -0.2) is 13.6 Å². The van der Waals surface area contributed by atoms with Crippen LogP contribution in [0.1, 0.15) is 29.3 Å². The summed E-state index contributed by atoms with van der Waals surface area (Å²) in [6, 6.07) is 0.659. The summed E-state index contributed by atoms with van der Waals surface area (Å²) in [4.78, 5) is 24.6. The molecule has 0 aliphatic heterocycles. The van der Waals surface area contributed by atoms with Crippen LogP contribution in [0.2, 0.25) is 0 Å². The first-order valence-corrected chi connectivity index (χ1v) is 5.10. The SMILES string of the molecule is CCOC(=O)c1cc(C(F)F)c(OC)nc1[N+](=O)[O-]. The Morgan fingerprint density at radius 1 is 1.58 bits per heavy atom. The lowest BCUT2D eigenvalue weighted by Gasteiger charge is -2.07. The number of ether oxygens (including phenoxy) is 2. The number of carbonyl (C=O) groups excluding carboxylic acids is 1. The van der Waals surface area contributed by atoms with Crippen LogP contribution in [0.25, 0.3) is 0 Å². The first kappa shape index (κ1) is 14.7. The van der Waals surface area contributed by atoms with E-state index in [0.29, 0.717) is 6.07 Å². The minimum atomic E-state index is -2.99. The Hall–Kier alpha value is -2.32. The van der Waals surface area contributed by atoms with Crippen molar-refractivity contribution in [2.24, 2.45) is 0 Å². The van der Waals surface area contributed by atoms with Crippen LogP contribution in [0.15, 0.2) is 6.07 Å². The van der Waals surface area contributed by atoms with E-state index in [1.165, 1.54) is 6.92 Å². The molecule has 0 atom stereocenters. The molecule has 0 amide bonds. The molecule has 0 spiro atoms. The zero-order valence-corrected chi connectivity index (χ0v) is 10.1. The van der Waals surface area contributed by atoms with Crippen LogP contribution >= 0.6 is 0 Å². The summed E-state index contributed by atoms with van der Waals surface area (Å²) in [6.45, 7) is 1.43. The molecule has 1 aromatic heterocycles. The molecule has 0 N–H and O–H groups in total. The highest BCUT2D eigenvalue weighted by atomic mass is 19.3. The number of hydrogen-bond donors (Lipinski definition) is 0. The lowest BCUT2D eigenvalue weighted by Crippen LogP contribution is -2.11. The number of rotatable bonds is 5. The number of nitrogens with zero attached hydrogens (tertiary/aromatic N) is 2. The van der Waals surface area contributed by atoms with Crippen molar-refractivity contribution in [1.29, 1.82) is 0 Å². The summed E-state index contributed by atoms with van der Waals surface area (Å²) >= 11 is 0. The van der Waals surface area contributed by atoms with Gasteiger partial charge in [0, 0.05) is 4.98 Å². The third kappa shape index (κ3) is 3.12. The molecule has 104 valence electrons. The molecule has 19 heavy (non-hydrogen) atoms. The Labute approximate surface area is 106 Å². The Morgan fingerprint density at radius 2 is 2.21 bits per heavy atom. The van der Waals surface area contributed by atoms with Crippen molar-refractivity contribution in [2.75, 3.05) is 13.7 Å². The van der Waals surface area contributed by atoms with Gasteiger partial charge in [0.2, 0.25) is 0 Å². The minimum Gasteiger partial charge on any atom is -0.462 e. The Kier molecular flexibility index (Phi) is 4.67. The van der Waals surface area contributed by atoms with E-state index in [9.17, 15) is 23.7 Å². The number of pyridine rings is 1. The van der Waals surface area contributed by atoms with Gasteiger partial charge >= 0.3 is 17.7 Å². The van der Waals surface area contributed by atoms with Crippen molar-refractivity contribution in [2.45, 2.75) is 13.3 Å². The highest BCUT2D eigenvalue weighted by molar-refractivity contribution is 5.93. The van der Waals surface area contributed by atoms with Crippen LogP contribution in [0.4, 0.5) is 14.6 Å². The van der Waals surface area contributed by atoms with Crippen LogP contribution in [-0.2, 0) is 4.74 Å². The summed E-state index contributed by atoms with van der Waals surface area (Å²) in [5.74, 6) is -2.58. The van der Waals surface area contributed by atoms with Gasteiger partial charge in [-0.1, -0.05) is 0 Å². The van der Waals surface area contributed by atoms with Crippen LogP contribution in [0.5, 0.6) is 5.88 Å². The van der Waals surface area contributed by atoms with Crippen molar-refractivity contribution in [1.82, 2.24) is 4.98 Å². The van der Waals surface area contributed by atoms with E-state index < -0.39 is 40.1 Å². The number of methoxy groups -OCH3 is 1. The van der Waals surface area contributed by atoms with Crippen molar-refractivity contribution in [3.05, 3.63) is 27.3 Å². The monoisotopic (exact) mass is 276 g/mol. The average molecular weight is 276 g/mol. The average Bonchev–Trinajstić information content (AvgIpc) is 2.37. The molecule has 7 nitrogen and oxygen atoms in total. The van der Waals surface area contributed by atoms with Gasteiger partial charge in [-0.2, -0.15) is 0 Å². The van der Waals surface area contributed by atoms with Gasteiger partial charge in [0.1, 0.15) is 5.56 Å². The lowest BCUT2D eigenvalue weighted by molar-refractivity contribution is -0.390. The molecule has 1 heterocycles. The number of alkyl halides is 2. The van der Waals surface area contributed by atoms with Gasteiger partial charge in [0.05, 0.1) is 13.7 Å². The predicted octanol–water partition coefficient (Wildman–Crippen LogP) is 2.11. The normalized spacial score (nSPS) is 10.4. The molecule has 0 saturated heterocycles. The molecule has 0 fully saturated rings. The van der Waals surface area contributed by atoms with E-state index >= 15 is 0 Å². The number of hydrogen-bond acceptors (Lipinski definition) is 6. The smallest absolute Gasteiger partial charge is 0.382 e. The summed E-state index contributed by atoms with van der Waals surface area (Å²) < 4.78 is 34.6. The molecule has 0 aliphatic rings. The fourth-order valence-electron chi connectivity index (χ4n) is 1.32. The second-order valence-corrected chi connectivity index (χ2v) is 3.24. The molecule has 0 saturated carbocycles. The van der Waals surface area contributed by atoms with Crippen molar-refractivity contribution >= 4 is 11.8 Å².